The van der Waals surface area contributed by atoms with Gasteiger partial charge in [-0.2, -0.15) is 5.26 Å². The van der Waals surface area contributed by atoms with Crippen molar-refractivity contribution in [2.45, 2.75) is 32.4 Å². The minimum Gasteiger partial charge on any atom is -0.330 e. The van der Waals surface area contributed by atoms with Crippen molar-refractivity contribution in [3.05, 3.63) is 35.9 Å². The van der Waals surface area contributed by atoms with Crippen LogP contribution in [0.5, 0.6) is 0 Å². The van der Waals surface area contributed by atoms with Crippen molar-refractivity contribution in [1.29, 1.82) is 5.26 Å². The molecular formula is C14H21N3. The summed E-state index contributed by atoms with van der Waals surface area (Å²) in [6.07, 6.45) is 1.54. The van der Waals surface area contributed by atoms with Gasteiger partial charge in [-0.05, 0) is 25.5 Å². The van der Waals surface area contributed by atoms with Gasteiger partial charge >= 0.3 is 0 Å². The van der Waals surface area contributed by atoms with E-state index in [0.29, 0.717) is 13.0 Å². The monoisotopic (exact) mass is 231 g/mol. The van der Waals surface area contributed by atoms with E-state index >= 15 is 0 Å². The molecule has 0 spiro atoms. The number of benzene rings is 1. The molecule has 0 aliphatic carbocycles. The lowest BCUT2D eigenvalue weighted by molar-refractivity contribution is 0.201. The van der Waals surface area contributed by atoms with Crippen molar-refractivity contribution < 1.29 is 0 Å². The van der Waals surface area contributed by atoms with E-state index in [1.807, 2.05) is 18.2 Å². The summed E-state index contributed by atoms with van der Waals surface area (Å²) in [5.41, 5.74) is 6.84. The Kier molecular flexibility index (Phi) is 6.31. The number of rotatable bonds is 7. The molecule has 0 heterocycles. The lowest BCUT2D eigenvalue weighted by Crippen LogP contribution is -2.34. The van der Waals surface area contributed by atoms with Crippen LogP contribution < -0.4 is 5.73 Å². The molecule has 0 radical (unpaired) electrons. The van der Waals surface area contributed by atoms with Crippen molar-refractivity contribution in [2.24, 2.45) is 5.73 Å². The maximum atomic E-state index is 8.78. The van der Waals surface area contributed by atoms with Gasteiger partial charge in [-0.15, -0.1) is 0 Å². The Morgan fingerprint density at radius 3 is 2.65 bits per heavy atom. The van der Waals surface area contributed by atoms with E-state index in [0.717, 1.165) is 19.5 Å². The normalized spacial score (nSPS) is 12.4. The number of nitriles is 1. The third-order valence-corrected chi connectivity index (χ3v) is 2.89. The molecule has 0 aromatic heterocycles. The molecule has 1 rings (SSSR count). The summed E-state index contributed by atoms with van der Waals surface area (Å²) in [4.78, 5) is 2.32. The van der Waals surface area contributed by atoms with Crippen LogP contribution in [0.15, 0.2) is 30.3 Å². The van der Waals surface area contributed by atoms with Gasteiger partial charge in [0.1, 0.15) is 0 Å². The molecule has 92 valence electrons. The molecule has 0 saturated carbocycles. The molecule has 3 heteroatoms. The standard InChI is InChI=1S/C14H21N3/c1-13(8-10-16)17(11-5-9-15)12-14-6-3-2-4-7-14/h2-4,6-7,13H,5,8-9,11-12,15H2,1H3. The summed E-state index contributed by atoms with van der Waals surface area (Å²) in [5.74, 6) is 0. The molecule has 0 aliphatic heterocycles. The molecule has 0 saturated heterocycles. The van der Waals surface area contributed by atoms with Crippen LogP contribution in [0.3, 0.4) is 0 Å². The molecule has 0 fully saturated rings. The first-order valence-electron chi connectivity index (χ1n) is 6.13. The van der Waals surface area contributed by atoms with Gasteiger partial charge in [0.2, 0.25) is 0 Å². The van der Waals surface area contributed by atoms with E-state index in [-0.39, 0.29) is 6.04 Å². The fourth-order valence-corrected chi connectivity index (χ4v) is 1.83. The minimum absolute atomic E-state index is 0.284. The van der Waals surface area contributed by atoms with E-state index in [1.165, 1.54) is 5.56 Å². The molecule has 1 atom stereocenters. The third-order valence-electron chi connectivity index (χ3n) is 2.89. The van der Waals surface area contributed by atoms with Crippen molar-refractivity contribution in [3.63, 3.8) is 0 Å². The lowest BCUT2D eigenvalue weighted by Gasteiger charge is -2.27. The van der Waals surface area contributed by atoms with Crippen LogP contribution in [0.2, 0.25) is 0 Å². The van der Waals surface area contributed by atoms with E-state index in [1.54, 1.807) is 0 Å². The topological polar surface area (TPSA) is 53.0 Å². The van der Waals surface area contributed by atoms with Crippen molar-refractivity contribution in [3.8, 4) is 6.07 Å². The first kappa shape index (κ1) is 13.7. The molecule has 17 heavy (non-hydrogen) atoms. The van der Waals surface area contributed by atoms with Gasteiger partial charge < -0.3 is 5.73 Å². The third kappa shape index (κ3) is 4.99. The van der Waals surface area contributed by atoms with Gasteiger partial charge in [-0.1, -0.05) is 30.3 Å². The highest BCUT2D eigenvalue weighted by atomic mass is 15.1. The fourth-order valence-electron chi connectivity index (χ4n) is 1.83. The van der Waals surface area contributed by atoms with Crippen LogP contribution in [-0.4, -0.2) is 24.0 Å². The second kappa shape index (κ2) is 7.83. The zero-order chi connectivity index (χ0) is 12.5. The van der Waals surface area contributed by atoms with Crippen molar-refractivity contribution in [1.82, 2.24) is 4.90 Å². The highest BCUT2D eigenvalue weighted by Crippen LogP contribution is 2.10. The molecule has 0 amide bonds. The second-order valence-electron chi connectivity index (χ2n) is 4.31. The van der Waals surface area contributed by atoms with Crippen LogP contribution >= 0.6 is 0 Å². The Hall–Kier alpha value is -1.37. The molecule has 3 nitrogen and oxygen atoms in total. The Labute approximate surface area is 104 Å². The lowest BCUT2D eigenvalue weighted by atomic mass is 10.1. The van der Waals surface area contributed by atoms with Crippen LogP contribution in [0.1, 0.15) is 25.3 Å². The van der Waals surface area contributed by atoms with E-state index in [9.17, 15) is 0 Å². The van der Waals surface area contributed by atoms with E-state index < -0.39 is 0 Å². The van der Waals surface area contributed by atoms with E-state index in [4.69, 9.17) is 11.0 Å². The van der Waals surface area contributed by atoms with Gasteiger partial charge in [0.05, 0.1) is 12.5 Å². The predicted octanol–water partition coefficient (Wildman–Crippen LogP) is 2.14. The van der Waals surface area contributed by atoms with Gasteiger partial charge in [0.25, 0.3) is 0 Å². The second-order valence-corrected chi connectivity index (χ2v) is 4.31. The summed E-state index contributed by atoms with van der Waals surface area (Å²) in [7, 11) is 0. The van der Waals surface area contributed by atoms with Crippen molar-refractivity contribution >= 4 is 0 Å². The van der Waals surface area contributed by atoms with Gasteiger partial charge in [0, 0.05) is 19.1 Å². The Bertz CT molecular complexity index is 342. The fraction of sp³-hybridized carbons (Fsp3) is 0.500. The highest BCUT2D eigenvalue weighted by Gasteiger charge is 2.13. The van der Waals surface area contributed by atoms with Gasteiger partial charge in [0.15, 0.2) is 0 Å². The molecule has 0 aliphatic rings. The average molecular weight is 231 g/mol. The number of nitrogens with two attached hydrogens (primary N) is 1. The number of hydrogen-bond acceptors (Lipinski definition) is 3. The maximum absolute atomic E-state index is 8.78. The highest BCUT2D eigenvalue weighted by molar-refractivity contribution is 5.14. The molecule has 1 aromatic carbocycles. The molecule has 0 bridgehead atoms. The quantitative estimate of drug-likeness (QED) is 0.782. The summed E-state index contributed by atoms with van der Waals surface area (Å²) in [6.45, 7) is 4.64. The largest absolute Gasteiger partial charge is 0.330 e. The van der Waals surface area contributed by atoms with Crippen LogP contribution in [0, 0.1) is 11.3 Å². The summed E-state index contributed by atoms with van der Waals surface area (Å²) >= 11 is 0. The maximum Gasteiger partial charge on any atom is 0.0638 e. The zero-order valence-electron chi connectivity index (χ0n) is 10.5. The summed E-state index contributed by atoms with van der Waals surface area (Å²) < 4.78 is 0. The Balaban J connectivity index is 2.60. The SMILES string of the molecule is CC(CC#N)N(CCCN)Cc1ccccc1. The summed E-state index contributed by atoms with van der Waals surface area (Å²) in [5, 5.41) is 8.78. The van der Waals surface area contributed by atoms with Crippen LogP contribution in [-0.2, 0) is 6.54 Å². The molecule has 1 unspecified atom stereocenters. The van der Waals surface area contributed by atoms with Gasteiger partial charge in [-0.25, -0.2) is 0 Å². The molecule has 1 aromatic rings. The summed E-state index contributed by atoms with van der Waals surface area (Å²) in [6, 6.07) is 12.9. The average Bonchev–Trinajstić information content (AvgIpc) is 2.36. The smallest absolute Gasteiger partial charge is 0.0638 e. The van der Waals surface area contributed by atoms with Gasteiger partial charge in [-0.3, -0.25) is 4.90 Å². The van der Waals surface area contributed by atoms with Crippen LogP contribution in [0.25, 0.3) is 0 Å². The first-order chi connectivity index (χ1) is 8.27. The minimum atomic E-state index is 0.284. The van der Waals surface area contributed by atoms with Crippen molar-refractivity contribution in [2.75, 3.05) is 13.1 Å². The number of nitrogens with zero attached hydrogens (tertiary/aromatic N) is 2. The molecular weight excluding hydrogens is 210 g/mol. The zero-order valence-corrected chi connectivity index (χ0v) is 10.5. The predicted molar refractivity (Wildman–Crippen MR) is 70.2 cm³/mol. The molecule has 2 N–H and O–H groups in total. The Morgan fingerprint density at radius 2 is 2.06 bits per heavy atom. The van der Waals surface area contributed by atoms with E-state index in [2.05, 4.69) is 30.0 Å². The van der Waals surface area contributed by atoms with Crippen LogP contribution in [0.4, 0.5) is 0 Å². The Morgan fingerprint density at radius 1 is 1.35 bits per heavy atom. The first-order valence-corrected chi connectivity index (χ1v) is 6.13. The number of hydrogen-bond donors (Lipinski definition) is 1.